The van der Waals surface area contributed by atoms with Crippen LogP contribution >= 0.6 is 0 Å². The van der Waals surface area contributed by atoms with Gasteiger partial charge in [0.15, 0.2) is 0 Å². The lowest BCUT2D eigenvalue weighted by Crippen LogP contribution is -2.62. The fourth-order valence-corrected chi connectivity index (χ4v) is 7.81. The Balaban J connectivity index is 1.21. The van der Waals surface area contributed by atoms with E-state index >= 15 is 0 Å². The third-order valence-corrected chi connectivity index (χ3v) is 9.99. The van der Waals surface area contributed by atoms with Gasteiger partial charge in [0.25, 0.3) is 0 Å². The molecule has 32 heavy (non-hydrogen) atoms. The first-order valence-corrected chi connectivity index (χ1v) is 13.5. The number of nitrogens with one attached hydrogen (secondary N) is 4. The molecule has 4 saturated heterocycles. The lowest BCUT2D eigenvalue weighted by Gasteiger charge is -2.45. The van der Waals surface area contributed by atoms with E-state index in [1.165, 1.54) is 0 Å². The van der Waals surface area contributed by atoms with Crippen LogP contribution in [0.25, 0.3) is 0 Å². The molecule has 12 heteroatoms. The number of methoxy groups -OCH3 is 1. The van der Waals surface area contributed by atoms with Gasteiger partial charge in [-0.15, -0.1) is 0 Å². The summed E-state index contributed by atoms with van der Waals surface area (Å²) >= 11 is 0. The normalized spacial score (nSPS) is 42.8. The minimum atomic E-state index is -3.54. The van der Waals surface area contributed by atoms with E-state index in [4.69, 9.17) is 4.74 Å². The van der Waals surface area contributed by atoms with Crippen molar-refractivity contribution in [3.63, 3.8) is 0 Å². The molecule has 5 rings (SSSR count). The molecule has 4 heterocycles. The van der Waals surface area contributed by atoms with E-state index in [2.05, 4.69) is 25.8 Å². The van der Waals surface area contributed by atoms with Gasteiger partial charge in [0, 0.05) is 59.0 Å². The first kappa shape index (κ1) is 23.3. The van der Waals surface area contributed by atoms with E-state index < -0.39 is 21.4 Å². The minimum Gasteiger partial charge on any atom is -0.380 e. The Morgan fingerprint density at radius 1 is 1.09 bits per heavy atom. The zero-order valence-electron chi connectivity index (χ0n) is 19.0. The van der Waals surface area contributed by atoms with Gasteiger partial charge in [-0.3, -0.25) is 15.8 Å². The molecule has 10 nitrogen and oxygen atoms in total. The zero-order chi connectivity index (χ0) is 22.5. The van der Waals surface area contributed by atoms with Crippen LogP contribution in [0.3, 0.4) is 0 Å². The maximum atomic E-state index is 13.4. The van der Waals surface area contributed by atoms with Gasteiger partial charge >= 0.3 is 0 Å². The van der Waals surface area contributed by atoms with Crippen LogP contribution in [-0.2, 0) is 14.8 Å². The van der Waals surface area contributed by atoms with Crippen LogP contribution in [-0.4, -0.2) is 119 Å². The molecular formula is C20H38FN7O3S. The van der Waals surface area contributed by atoms with Crippen LogP contribution in [0.2, 0.25) is 0 Å². The average molecular weight is 476 g/mol. The first-order valence-electron chi connectivity index (χ1n) is 12.0. The number of likely N-dealkylation sites (N-methyl/N-ethyl adjacent to an activating group) is 1. The average Bonchev–Trinajstić information content (AvgIpc) is 3.40. The molecule has 0 aromatic rings. The van der Waals surface area contributed by atoms with E-state index in [0.29, 0.717) is 38.1 Å². The van der Waals surface area contributed by atoms with Crippen molar-refractivity contribution < 1.29 is 17.5 Å². The molecule has 4 N–H and O–H groups in total. The van der Waals surface area contributed by atoms with Crippen molar-refractivity contribution in [1.82, 2.24) is 35.8 Å². The van der Waals surface area contributed by atoms with Crippen LogP contribution in [0, 0.1) is 5.92 Å². The van der Waals surface area contributed by atoms with Crippen molar-refractivity contribution in [3.8, 4) is 0 Å². The Bertz CT molecular complexity index is 770. The van der Waals surface area contributed by atoms with E-state index in [1.54, 1.807) is 7.11 Å². The largest absolute Gasteiger partial charge is 0.380 e. The summed E-state index contributed by atoms with van der Waals surface area (Å²) in [6, 6.07) is 0.177. The number of sulfonamides is 1. The Labute approximate surface area is 190 Å². The van der Waals surface area contributed by atoms with E-state index in [1.807, 2.05) is 17.1 Å². The van der Waals surface area contributed by atoms with Crippen LogP contribution in [0.15, 0.2) is 0 Å². The third-order valence-electron chi connectivity index (χ3n) is 8.20. The van der Waals surface area contributed by atoms with Crippen LogP contribution in [0.5, 0.6) is 0 Å². The molecule has 5 aliphatic rings. The summed E-state index contributed by atoms with van der Waals surface area (Å²) in [5.41, 5.74) is 6.66. The monoisotopic (exact) mass is 475 g/mol. The van der Waals surface area contributed by atoms with Crippen molar-refractivity contribution in [3.05, 3.63) is 0 Å². The number of nitrogens with zero attached hydrogens (tertiary/aromatic N) is 3. The molecule has 0 spiro atoms. The lowest BCUT2D eigenvalue weighted by molar-refractivity contribution is -0.00970. The van der Waals surface area contributed by atoms with Gasteiger partial charge in [-0.05, 0) is 38.1 Å². The minimum absolute atomic E-state index is 0.0589. The molecule has 4 aliphatic heterocycles. The van der Waals surface area contributed by atoms with E-state index in [-0.39, 0.29) is 24.4 Å². The van der Waals surface area contributed by atoms with Crippen molar-refractivity contribution in [1.29, 1.82) is 0 Å². The smallest absolute Gasteiger partial charge is 0.217 e. The number of ether oxygens (including phenoxy) is 1. The van der Waals surface area contributed by atoms with Gasteiger partial charge in [-0.2, -0.15) is 0 Å². The Kier molecular flexibility index (Phi) is 6.78. The summed E-state index contributed by atoms with van der Waals surface area (Å²) in [6.45, 7) is 3.61. The first-order chi connectivity index (χ1) is 15.4. The zero-order valence-corrected chi connectivity index (χ0v) is 19.9. The molecular weight excluding hydrogens is 437 g/mol. The van der Waals surface area contributed by atoms with Crippen LogP contribution < -0.4 is 20.9 Å². The molecule has 184 valence electrons. The number of likely N-dealkylation sites (tertiary alicyclic amines) is 1. The van der Waals surface area contributed by atoms with Crippen molar-refractivity contribution >= 4 is 10.0 Å². The number of halogens is 1. The Hall–Kier alpha value is -0.440. The van der Waals surface area contributed by atoms with Gasteiger partial charge in [0.2, 0.25) is 10.0 Å². The fraction of sp³-hybridized carbons (Fsp3) is 1.00. The van der Waals surface area contributed by atoms with E-state index in [9.17, 15) is 12.8 Å². The summed E-state index contributed by atoms with van der Waals surface area (Å²) in [7, 11) is 0.109. The molecule has 0 bridgehead atoms. The van der Waals surface area contributed by atoms with Gasteiger partial charge in [0.05, 0.1) is 18.3 Å². The molecule has 0 aromatic heterocycles. The number of hydrazine groups is 2. The fourth-order valence-electron chi connectivity index (χ4n) is 6.30. The highest BCUT2D eigenvalue weighted by molar-refractivity contribution is 7.90. The molecule has 0 amide bonds. The predicted octanol–water partition coefficient (Wildman–Crippen LogP) is -1.56. The molecule has 1 saturated carbocycles. The number of rotatable bonds is 6. The molecule has 0 radical (unpaired) electrons. The van der Waals surface area contributed by atoms with Gasteiger partial charge in [-0.25, -0.2) is 27.5 Å². The van der Waals surface area contributed by atoms with Crippen LogP contribution in [0.1, 0.15) is 25.7 Å². The summed E-state index contributed by atoms with van der Waals surface area (Å²) < 4.78 is 48.8. The van der Waals surface area contributed by atoms with E-state index in [0.717, 1.165) is 38.8 Å². The maximum Gasteiger partial charge on any atom is 0.217 e. The second-order valence-corrected chi connectivity index (χ2v) is 12.1. The second-order valence-electron chi connectivity index (χ2n) is 10.1. The quantitative estimate of drug-likeness (QED) is 0.363. The Morgan fingerprint density at radius 2 is 1.91 bits per heavy atom. The molecule has 5 fully saturated rings. The number of hydrogen-bond acceptors (Lipinski definition) is 9. The van der Waals surface area contributed by atoms with Gasteiger partial charge < -0.3 is 10.1 Å². The van der Waals surface area contributed by atoms with Gasteiger partial charge in [0.1, 0.15) is 11.4 Å². The van der Waals surface area contributed by atoms with Gasteiger partial charge in [-0.1, -0.05) is 0 Å². The SMILES string of the molecule is COC1CCC2CNN(C)C2C1NS(=O)(=O)C1CNN(C2CC(N3CC(F)C3)CCN2)C1. The molecule has 1 aliphatic carbocycles. The summed E-state index contributed by atoms with van der Waals surface area (Å²) in [5, 5.41) is 7.06. The molecule has 0 aromatic carbocycles. The number of alkyl halides is 1. The highest BCUT2D eigenvalue weighted by Gasteiger charge is 2.48. The molecule has 7 unspecified atom stereocenters. The summed E-state index contributed by atoms with van der Waals surface area (Å²) in [4.78, 5) is 2.21. The standard InChI is InChI=1S/C20H38FN7O3S/c1-26-20-13(8-23-26)3-4-17(31-2)19(20)25-32(29,30)16-9-24-28(12-16)18-7-15(5-6-22-18)27-10-14(21)11-27/h13-20,22-25H,3-12H2,1-2H3. The maximum absolute atomic E-state index is 13.4. The summed E-state index contributed by atoms with van der Waals surface area (Å²) in [6.07, 6.45) is 3.00. The third kappa shape index (κ3) is 4.46. The predicted molar refractivity (Wildman–Crippen MR) is 119 cm³/mol. The van der Waals surface area contributed by atoms with Crippen molar-refractivity contribution in [2.45, 2.75) is 67.5 Å². The number of hydrogen-bond donors (Lipinski definition) is 4. The second kappa shape index (κ2) is 9.31. The number of fused-ring (bicyclic) bond motifs is 1. The number of piperidine rings is 1. The highest BCUT2D eigenvalue weighted by Crippen LogP contribution is 2.33. The van der Waals surface area contributed by atoms with Crippen LogP contribution in [0.4, 0.5) is 4.39 Å². The Morgan fingerprint density at radius 3 is 2.66 bits per heavy atom. The summed E-state index contributed by atoms with van der Waals surface area (Å²) in [5.74, 6) is 0.422. The topological polar surface area (TPSA) is 101 Å². The lowest BCUT2D eigenvalue weighted by atomic mass is 9.80. The van der Waals surface area contributed by atoms with Crippen molar-refractivity contribution in [2.75, 3.05) is 53.4 Å². The van der Waals surface area contributed by atoms with Crippen molar-refractivity contribution in [2.24, 2.45) is 5.92 Å². The highest BCUT2D eigenvalue weighted by atomic mass is 32.2. The molecule has 7 atom stereocenters.